The molecule has 7 heteroatoms. The van der Waals surface area contributed by atoms with Crippen LogP contribution < -0.4 is 4.90 Å². The highest BCUT2D eigenvalue weighted by molar-refractivity contribution is 6.05. The largest absolute Gasteiger partial charge is 0.432 e. The lowest BCUT2D eigenvalue weighted by Gasteiger charge is -2.27. The summed E-state index contributed by atoms with van der Waals surface area (Å²) in [6.45, 7) is 2.66. The van der Waals surface area contributed by atoms with Crippen molar-refractivity contribution in [3.8, 4) is 11.4 Å². The summed E-state index contributed by atoms with van der Waals surface area (Å²) in [5.74, 6) is 0.832. The number of halogens is 1. The monoisotopic (exact) mass is 350 g/mol. The van der Waals surface area contributed by atoms with E-state index in [1.807, 2.05) is 12.1 Å². The summed E-state index contributed by atoms with van der Waals surface area (Å²) < 4.78 is 25.1. The molecular formula is C19H15FN4O2. The maximum atomic E-state index is 13.7. The second-order valence-corrected chi connectivity index (χ2v) is 6.12. The molecule has 0 bridgehead atoms. The van der Waals surface area contributed by atoms with Gasteiger partial charge in [0.25, 0.3) is 0 Å². The molecule has 26 heavy (non-hydrogen) atoms. The number of fused-ring (bicyclic) bond motifs is 3. The first-order chi connectivity index (χ1) is 12.8. The predicted molar refractivity (Wildman–Crippen MR) is 95.5 cm³/mol. The number of aromatic nitrogens is 3. The topological polar surface area (TPSA) is 64.3 Å². The van der Waals surface area contributed by atoms with Gasteiger partial charge in [-0.1, -0.05) is 12.1 Å². The van der Waals surface area contributed by atoms with Gasteiger partial charge in [-0.2, -0.15) is 0 Å². The Morgan fingerprint density at radius 2 is 1.92 bits per heavy atom. The summed E-state index contributed by atoms with van der Waals surface area (Å²) in [4.78, 5) is 15.8. The number of anilines is 1. The van der Waals surface area contributed by atoms with Crippen molar-refractivity contribution in [3.63, 3.8) is 0 Å². The Labute approximate surface area is 148 Å². The van der Waals surface area contributed by atoms with Gasteiger partial charge in [-0.15, -0.1) is 0 Å². The Bertz CT molecular complexity index is 1110. The normalized spacial score (nSPS) is 15.0. The zero-order chi connectivity index (χ0) is 17.5. The molecule has 1 aromatic carbocycles. The second-order valence-electron chi connectivity index (χ2n) is 6.12. The van der Waals surface area contributed by atoms with E-state index in [2.05, 4.69) is 14.9 Å². The van der Waals surface area contributed by atoms with Gasteiger partial charge in [-0.3, -0.25) is 0 Å². The van der Waals surface area contributed by atoms with Crippen molar-refractivity contribution in [1.29, 1.82) is 0 Å². The average Bonchev–Trinajstić information content (AvgIpc) is 3.06. The standard InChI is InChI=1S/C19H15FN4O2/c20-13-4-1-3-12(11-13)17-22-15-14-5-2-6-21-19(14)26-16(15)18(23-17)24-7-9-25-10-8-24/h1-6,11H,7-10H2. The van der Waals surface area contributed by atoms with Crippen LogP contribution in [0.4, 0.5) is 10.2 Å². The van der Waals surface area contributed by atoms with E-state index in [1.54, 1.807) is 18.3 Å². The highest BCUT2D eigenvalue weighted by atomic mass is 19.1. The highest BCUT2D eigenvalue weighted by Gasteiger charge is 2.22. The molecule has 0 aliphatic carbocycles. The number of hydrogen-bond acceptors (Lipinski definition) is 6. The van der Waals surface area contributed by atoms with Crippen LogP contribution in [-0.2, 0) is 4.74 Å². The van der Waals surface area contributed by atoms with Crippen LogP contribution in [0.15, 0.2) is 47.0 Å². The molecule has 130 valence electrons. The van der Waals surface area contributed by atoms with E-state index in [0.717, 1.165) is 5.39 Å². The molecule has 0 atom stereocenters. The minimum atomic E-state index is -0.321. The zero-order valence-corrected chi connectivity index (χ0v) is 13.9. The van der Waals surface area contributed by atoms with E-state index < -0.39 is 0 Å². The zero-order valence-electron chi connectivity index (χ0n) is 13.9. The maximum Gasteiger partial charge on any atom is 0.229 e. The van der Waals surface area contributed by atoms with Crippen LogP contribution in [-0.4, -0.2) is 41.3 Å². The third kappa shape index (κ3) is 2.48. The molecule has 0 saturated carbocycles. The summed E-state index contributed by atoms with van der Waals surface area (Å²) in [6, 6.07) is 10.1. The van der Waals surface area contributed by atoms with Gasteiger partial charge in [0.1, 0.15) is 11.3 Å². The molecule has 5 rings (SSSR count). The number of hydrogen-bond donors (Lipinski definition) is 0. The SMILES string of the molecule is Fc1cccc(-c2nc(N3CCOCC3)c3oc4ncccc4c3n2)c1. The van der Waals surface area contributed by atoms with Crippen molar-refractivity contribution < 1.29 is 13.5 Å². The van der Waals surface area contributed by atoms with E-state index in [9.17, 15) is 4.39 Å². The number of nitrogens with zero attached hydrogens (tertiary/aromatic N) is 4. The van der Waals surface area contributed by atoms with Gasteiger partial charge in [-0.05, 0) is 24.3 Å². The van der Waals surface area contributed by atoms with E-state index in [1.165, 1.54) is 12.1 Å². The maximum absolute atomic E-state index is 13.7. The lowest BCUT2D eigenvalue weighted by atomic mass is 10.2. The van der Waals surface area contributed by atoms with Crippen LogP contribution in [0.25, 0.3) is 33.6 Å². The summed E-state index contributed by atoms with van der Waals surface area (Å²) in [5.41, 5.74) is 2.42. The number of benzene rings is 1. The Balaban J connectivity index is 1.79. The summed E-state index contributed by atoms with van der Waals surface area (Å²) in [5, 5.41) is 0.817. The van der Waals surface area contributed by atoms with Gasteiger partial charge in [0.15, 0.2) is 17.2 Å². The number of furan rings is 1. The molecule has 1 aliphatic heterocycles. The van der Waals surface area contributed by atoms with Crippen LogP contribution in [0.1, 0.15) is 0 Å². The van der Waals surface area contributed by atoms with Crippen molar-refractivity contribution >= 4 is 28.0 Å². The molecule has 6 nitrogen and oxygen atoms in total. The fraction of sp³-hybridized carbons (Fsp3) is 0.211. The van der Waals surface area contributed by atoms with E-state index >= 15 is 0 Å². The van der Waals surface area contributed by atoms with E-state index in [4.69, 9.17) is 14.1 Å². The van der Waals surface area contributed by atoms with Crippen LogP contribution in [0.5, 0.6) is 0 Å². The summed E-state index contributed by atoms with van der Waals surface area (Å²) in [6.07, 6.45) is 1.68. The van der Waals surface area contributed by atoms with Gasteiger partial charge >= 0.3 is 0 Å². The molecule has 4 heterocycles. The molecular weight excluding hydrogens is 335 g/mol. The van der Waals surface area contributed by atoms with Gasteiger partial charge in [0, 0.05) is 24.8 Å². The van der Waals surface area contributed by atoms with Gasteiger partial charge < -0.3 is 14.1 Å². The molecule has 0 spiro atoms. The fourth-order valence-corrected chi connectivity index (χ4v) is 3.21. The second kappa shape index (κ2) is 6.03. The summed E-state index contributed by atoms with van der Waals surface area (Å²) >= 11 is 0. The molecule has 4 aromatic rings. The molecule has 0 N–H and O–H groups in total. The van der Waals surface area contributed by atoms with Crippen molar-refractivity contribution in [2.24, 2.45) is 0 Å². The third-order valence-electron chi connectivity index (χ3n) is 4.47. The molecule has 1 aliphatic rings. The van der Waals surface area contributed by atoms with Crippen LogP contribution in [0.2, 0.25) is 0 Å². The number of pyridine rings is 1. The van der Waals surface area contributed by atoms with Crippen LogP contribution in [0.3, 0.4) is 0 Å². The van der Waals surface area contributed by atoms with E-state index in [0.29, 0.717) is 60.3 Å². The highest BCUT2D eigenvalue weighted by Crippen LogP contribution is 2.34. The van der Waals surface area contributed by atoms with Crippen LogP contribution in [0, 0.1) is 5.82 Å². The van der Waals surface area contributed by atoms with Gasteiger partial charge in [0.2, 0.25) is 5.71 Å². The Hall–Kier alpha value is -3.06. The smallest absolute Gasteiger partial charge is 0.229 e. The predicted octanol–water partition coefficient (Wildman–Crippen LogP) is 3.41. The molecule has 3 aromatic heterocycles. The third-order valence-corrected chi connectivity index (χ3v) is 4.47. The fourth-order valence-electron chi connectivity index (χ4n) is 3.21. The average molecular weight is 350 g/mol. The lowest BCUT2D eigenvalue weighted by molar-refractivity contribution is 0.122. The first-order valence-electron chi connectivity index (χ1n) is 8.43. The minimum absolute atomic E-state index is 0.321. The number of ether oxygens (including phenoxy) is 1. The molecule has 0 unspecified atom stereocenters. The van der Waals surface area contributed by atoms with Crippen molar-refractivity contribution in [3.05, 3.63) is 48.4 Å². The summed E-state index contributed by atoms with van der Waals surface area (Å²) in [7, 11) is 0. The van der Waals surface area contributed by atoms with Gasteiger partial charge in [-0.25, -0.2) is 19.3 Å². The van der Waals surface area contributed by atoms with E-state index in [-0.39, 0.29) is 5.82 Å². The van der Waals surface area contributed by atoms with Crippen molar-refractivity contribution in [1.82, 2.24) is 15.0 Å². The quantitative estimate of drug-likeness (QED) is 0.552. The lowest BCUT2D eigenvalue weighted by Crippen LogP contribution is -2.37. The van der Waals surface area contributed by atoms with Crippen molar-refractivity contribution in [2.75, 3.05) is 31.2 Å². The van der Waals surface area contributed by atoms with Gasteiger partial charge in [0.05, 0.1) is 18.6 Å². The number of morpholine rings is 1. The Kier molecular flexibility index (Phi) is 3.53. The Morgan fingerprint density at radius 1 is 1.04 bits per heavy atom. The molecule has 1 fully saturated rings. The van der Waals surface area contributed by atoms with Crippen molar-refractivity contribution in [2.45, 2.75) is 0 Å². The molecule has 1 saturated heterocycles. The molecule has 0 amide bonds. The first-order valence-corrected chi connectivity index (χ1v) is 8.43. The van der Waals surface area contributed by atoms with Crippen LogP contribution >= 0.6 is 0 Å². The Morgan fingerprint density at radius 3 is 2.77 bits per heavy atom. The first kappa shape index (κ1) is 15.2. The minimum Gasteiger partial charge on any atom is -0.432 e. The molecule has 0 radical (unpaired) electrons. The number of rotatable bonds is 2.